The molecule has 0 saturated heterocycles. The Morgan fingerprint density at radius 1 is 1.90 bits per heavy atom. The van der Waals surface area contributed by atoms with Gasteiger partial charge in [-0.3, -0.25) is 0 Å². The number of halogens is 1. The summed E-state index contributed by atoms with van der Waals surface area (Å²) in [6.07, 6.45) is 0. The molecule has 54 valence electrons. The van der Waals surface area contributed by atoms with Crippen LogP contribution in [0.25, 0.3) is 0 Å². The van der Waals surface area contributed by atoms with E-state index < -0.39 is 5.97 Å². The lowest BCUT2D eigenvalue weighted by Crippen LogP contribution is -2.22. The summed E-state index contributed by atoms with van der Waals surface area (Å²) >= 11 is 5.30. The van der Waals surface area contributed by atoms with Crippen LogP contribution >= 0.6 is 11.6 Å². The van der Waals surface area contributed by atoms with E-state index in [4.69, 9.17) is 11.6 Å². The summed E-state index contributed by atoms with van der Waals surface area (Å²) in [7, 11) is 0. The maximum atomic E-state index is 10.1. The van der Waals surface area contributed by atoms with Crippen molar-refractivity contribution in [2.24, 2.45) is 0 Å². The summed E-state index contributed by atoms with van der Waals surface area (Å²) in [5, 5.41) is 13.2. The van der Waals surface area contributed by atoms with Gasteiger partial charge < -0.3 is 14.4 Å². The quantitative estimate of drug-likeness (QED) is 0.561. The Morgan fingerprint density at radius 3 is 2.90 bits per heavy atom. The van der Waals surface area contributed by atoms with E-state index in [1.807, 2.05) is 0 Å². The van der Waals surface area contributed by atoms with Crippen LogP contribution in [0.2, 0.25) is 0 Å². The molecule has 0 aliphatic heterocycles. The first-order valence-electron chi connectivity index (χ1n) is 2.47. The number of carboxylic acid groups (broad SMARTS) is 1. The van der Waals surface area contributed by atoms with E-state index in [2.05, 4.69) is 9.68 Å². The van der Waals surface area contributed by atoms with Gasteiger partial charge in [0.2, 0.25) is 0 Å². The van der Waals surface area contributed by atoms with Gasteiger partial charge in [-0.1, -0.05) is 5.16 Å². The maximum Gasteiger partial charge on any atom is 0.152 e. The topological polar surface area (TPSA) is 66.2 Å². The van der Waals surface area contributed by atoms with Crippen molar-refractivity contribution in [3.05, 3.63) is 17.5 Å². The molecule has 0 aromatic carbocycles. The van der Waals surface area contributed by atoms with Crippen LogP contribution in [0.4, 0.5) is 0 Å². The number of carboxylic acids is 1. The van der Waals surface area contributed by atoms with Crippen LogP contribution in [0.3, 0.4) is 0 Å². The SMILES string of the molecule is O=C([O-])c1cc(CCl)on1. The molecule has 4 nitrogen and oxygen atoms in total. The van der Waals surface area contributed by atoms with Gasteiger partial charge >= 0.3 is 0 Å². The molecule has 0 amide bonds. The van der Waals surface area contributed by atoms with E-state index in [1.165, 1.54) is 6.07 Å². The summed E-state index contributed by atoms with van der Waals surface area (Å²) in [4.78, 5) is 10.1. The Hall–Kier alpha value is -1.03. The molecule has 1 heterocycles. The molecule has 1 rings (SSSR count). The van der Waals surface area contributed by atoms with Crippen LogP contribution in [-0.2, 0) is 5.88 Å². The highest BCUT2D eigenvalue weighted by Crippen LogP contribution is 2.04. The van der Waals surface area contributed by atoms with Crippen LogP contribution in [-0.4, -0.2) is 11.1 Å². The fraction of sp³-hybridized carbons (Fsp3) is 0.200. The molecule has 10 heavy (non-hydrogen) atoms. The standard InChI is InChI=1S/C5H4ClNO3/c6-2-3-1-4(5(8)9)7-10-3/h1H,2H2,(H,8,9)/p-1. The zero-order valence-electron chi connectivity index (χ0n) is 4.83. The lowest BCUT2D eigenvalue weighted by molar-refractivity contribution is -0.255. The summed E-state index contributed by atoms with van der Waals surface area (Å²) in [5.74, 6) is -0.929. The number of aromatic carboxylic acids is 1. The van der Waals surface area contributed by atoms with E-state index in [1.54, 1.807) is 0 Å². The van der Waals surface area contributed by atoms with Crippen LogP contribution in [0.15, 0.2) is 10.6 Å². The number of nitrogens with zero attached hydrogens (tertiary/aromatic N) is 1. The van der Waals surface area contributed by atoms with Crippen LogP contribution in [0.1, 0.15) is 16.2 Å². The molecule has 0 fully saturated rings. The predicted octanol–water partition coefficient (Wildman–Crippen LogP) is -0.223. The van der Waals surface area contributed by atoms with Gasteiger partial charge in [0, 0.05) is 6.07 Å². The second-order valence-corrected chi connectivity index (χ2v) is 1.87. The Bertz CT molecular complexity index is 245. The average Bonchev–Trinajstić information content (AvgIpc) is 2.34. The number of carbonyl (C=O) groups is 1. The highest BCUT2D eigenvalue weighted by molar-refractivity contribution is 6.16. The monoisotopic (exact) mass is 160 g/mol. The second-order valence-electron chi connectivity index (χ2n) is 1.60. The Morgan fingerprint density at radius 2 is 2.60 bits per heavy atom. The van der Waals surface area contributed by atoms with Crippen molar-refractivity contribution in [3.63, 3.8) is 0 Å². The number of hydrogen-bond donors (Lipinski definition) is 0. The predicted molar refractivity (Wildman–Crippen MR) is 30.4 cm³/mol. The number of alkyl halides is 1. The van der Waals surface area contributed by atoms with Gasteiger partial charge in [0.15, 0.2) is 5.76 Å². The first-order valence-corrected chi connectivity index (χ1v) is 3.00. The van der Waals surface area contributed by atoms with Crippen molar-refractivity contribution in [1.29, 1.82) is 0 Å². The van der Waals surface area contributed by atoms with Crippen molar-refractivity contribution >= 4 is 17.6 Å². The van der Waals surface area contributed by atoms with E-state index in [0.29, 0.717) is 5.76 Å². The zero-order valence-corrected chi connectivity index (χ0v) is 5.59. The normalized spacial score (nSPS) is 9.70. The molecule has 5 heteroatoms. The molecule has 0 aliphatic carbocycles. The molecular weight excluding hydrogens is 158 g/mol. The molecule has 0 spiro atoms. The van der Waals surface area contributed by atoms with Gasteiger partial charge in [-0.25, -0.2) is 0 Å². The number of carbonyl (C=O) groups excluding carboxylic acids is 1. The molecular formula is C5H3ClNO3-. The Balaban J connectivity index is 2.88. The fourth-order valence-electron chi connectivity index (χ4n) is 0.472. The first-order chi connectivity index (χ1) is 4.74. The van der Waals surface area contributed by atoms with Crippen molar-refractivity contribution in [3.8, 4) is 0 Å². The molecule has 0 bridgehead atoms. The highest BCUT2D eigenvalue weighted by atomic mass is 35.5. The highest BCUT2D eigenvalue weighted by Gasteiger charge is 2.01. The largest absolute Gasteiger partial charge is 0.543 e. The molecule has 0 unspecified atom stereocenters. The minimum Gasteiger partial charge on any atom is -0.543 e. The Kier molecular flexibility index (Phi) is 1.91. The molecule has 0 radical (unpaired) electrons. The summed E-state index contributed by atoms with van der Waals surface area (Å²) in [5.41, 5.74) is -0.226. The van der Waals surface area contributed by atoms with Crippen LogP contribution in [0.5, 0.6) is 0 Å². The lowest BCUT2D eigenvalue weighted by Gasteiger charge is -1.89. The smallest absolute Gasteiger partial charge is 0.152 e. The molecule has 0 aliphatic rings. The minimum absolute atomic E-state index is 0.111. The molecule has 1 aromatic heterocycles. The van der Waals surface area contributed by atoms with Crippen molar-refractivity contribution in [1.82, 2.24) is 5.16 Å². The molecule has 0 N–H and O–H groups in total. The lowest BCUT2D eigenvalue weighted by atomic mass is 10.4. The third kappa shape index (κ3) is 1.27. The number of hydrogen-bond acceptors (Lipinski definition) is 4. The summed E-state index contributed by atoms with van der Waals surface area (Å²) in [6.45, 7) is 0. The van der Waals surface area contributed by atoms with Crippen molar-refractivity contribution < 1.29 is 14.4 Å². The third-order valence-corrected chi connectivity index (χ3v) is 1.16. The van der Waals surface area contributed by atoms with Gasteiger partial charge in [0.25, 0.3) is 0 Å². The van der Waals surface area contributed by atoms with Crippen molar-refractivity contribution in [2.45, 2.75) is 5.88 Å². The van der Waals surface area contributed by atoms with E-state index in [0.717, 1.165) is 0 Å². The maximum absolute atomic E-state index is 10.1. The Labute approximate surface area is 61.4 Å². The van der Waals surface area contributed by atoms with Gasteiger partial charge in [0.05, 0.1) is 11.8 Å². The number of rotatable bonds is 2. The first kappa shape index (κ1) is 7.08. The summed E-state index contributed by atoms with van der Waals surface area (Å²) in [6, 6.07) is 1.22. The van der Waals surface area contributed by atoms with Gasteiger partial charge in [-0.05, 0) is 0 Å². The van der Waals surface area contributed by atoms with E-state index >= 15 is 0 Å². The van der Waals surface area contributed by atoms with Gasteiger partial charge in [0.1, 0.15) is 5.69 Å². The van der Waals surface area contributed by atoms with E-state index in [9.17, 15) is 9.90 Å². The fourth-order valence-corrected chi connectivity index (χ4v) is 0.598. The summed E-state index contributed by atoms with van der Waals surface area (Å²) < 4.78 is 4.47. The second kappa shape index (κ2) is 2.70. The van der Waals surface area contributed by atoms with Gasteiger partial charge in [-0.2, -0.15) is 0 Å². The van der Waals surface area contributed by atoms with E-state index in [-0.39, 0.29) is 11.6 Å². The van der Waals surface area contributed by atoms with Crippen molar-refractivity contribution in [2.75, 3.05) is 0 Å². The average molecular weight is 161 g/mol. The third-order valence-electron chi connectivity index (χ3n) is 0.900. The molecule has 1 aromatic rings. The zero-order chi connectivity index (χ0) is 7.56. The molecule has 0 saturated carbocycles. The molecule has 0 atom stereocenters. The minimum atomic E-state index is -1.36. The van der Waals surface area contributed by atoms with Gasteiger partial charge in [-0.15, -0.1) is 11.6 Å². The number of aromatic nitrogens is 1. The van der Waals surface area contributed by atoms with Crippen LogP contribution in [0, 0.1) is 0 Å². The van der Waals surface area contributed by atoms with Crippen LogP contribution < -0.4 is 5.11 Å².